The minimum Gasteiger partial charge on any atom is -0.493 e. The summed E-state index contributed by atoms with van der Waals surface area (Å²) in [6.07, 6.45) is 3.56. The zero-order chi connectivity index (χ0) is 23.5. The van der Waals surface area contributed by atoms with E-state index in [0.29, 0.717) is 9.92 Å². The molecular weight excluding hydrogens is 466 g/mol. The van der Waals surface area contributed by atoms with Crippen LogP contribution < -0.4 is 5.56 Å². The third-order valence-electron chi connectivity index (χ3n) is 5.50. The fraction of sp³-hybridized carbons (Fsp3) is 0.0370. The first-order valence-electron chi connectivity index (χ1n) is 10.6. The van der Waals surface area contributed by atoms with Gasteiger partial charge in [0.25, 0.3) is 5.56 Å². The van der Waals surface area contributed by atoms with Gasteiger partial charge in [-0.15, -0.1) is 0 Å². The van der Waals surface area contributed by atoms with Crippen LogP contribution in [0, 0.1) is 0 Å². The Morgan fingerprint density at radius 1 is 0.853 bits per heavy atom. The Hall–Kier alpha value is -3.74. The van der Waals surface area contributed by atoms with Gasteiger partial charge in [0.05, 0.1) is 5.02 Å². The fourth-order valence-corrected chi connectivity index (χ4v) is 4.97. The van der Waals surface area contributed by atoms with Gasteiger partial charge in [-0.3, -0.25) is 14.9 Å². The number of pyridine rings is 1. The predicted molar refractivity (Wildman–Crippen MR) is 136 cm³/mol. The van der Waals surface area contributed by atoms with Gasteiger partial charge < -0.3 is 5.11 Å². The van der Waals surface area contributed by atoms with Crippen LogP contribution in [-0.2, 0) is 0 Å². The summed E-state index contributed by atoms with van der Waals surface area (Å²) < 4.78 is 1.51. The van der Waals surface area contributed by atoms with Gasteiger partial charge in [-0.05, 0) is 40.5 Å². The SMILES string of the molecule is O=c1[nH]n(C(c2ccccc2)c2ccc(-c3cccnc3)cc2)c(O)c1Sc1ccccc1Cl. The lowest BCUT2D eigenvalue weighted by Crippen LogP contribution is -2.16. The van der Waals surface area contributed by atoms with Gasteiger partial charge in [0.15, 0.2) is 0 Å². The van der Waals surface area contributed by atoms with Crippen LogP contribution in [0.1, 0.15) is 17.2 Å². The highest BCUT2D eigenvalue weighted by Gasteiger charge is 2.24. The molecule has 2 N–H and O–H groups in total. The highest BCUT2D eigenvalue weighted by atomic mass is 35.5. The second-order valence-electron chi connectivity index (χ2n) is 7.67. The summed E-state index contributed by atoms with van der Waals surface area (Å²) in [5, 5.41) is 14.5. The van der Waals surface area contributed by atoms with E-state index in [2.05, 4.69) is 10.1 Å². The minimum absolute atomic E-state index is 0.139. The molecule has 0 amide bonds. The molecule has 0 saturated carbocycles. The molecule has 0 aliphatic carbocycles. The zero-order valence-corrected chi connectivity index (χ0v) is 19.5. The van der Waals surface area contributed by atoms with Crippen molar-refractivity contribution in [3.05, 3.63) is 130 Å². The second kappa shape index (κ2) is 9.63. The number of aromatic amines is 1. The van der Waals surface area contributed by atoms with Crippen LogP contribution in [0.15, 0.2) is 118 Å². The van der Waals surface area contributed by atoms with E-state index in [1.165, 1.54) is 4.68 Å². The molecule has 0 fully saturated rings. The normalized spacial score (nSPS) is 11.9. The van der Waals surface area contributed by atoms with Crippen molar-refractivity contribution < 1.29 is 5.11 Å². The van der Waals surface area contributed by atoms with Gasteiger partial charge in [-0.2, -0.15) is 0 Å². The van der Waals surface area contributed by atoms with Crippen LogP contribution >= 0.6 is 23.4 Å². The maximum Gasteiger partial charge on any atom is 0.282 e. The lowest BCUT2D eigenvalue weighted by molar-refractivity contribution is 0.384. The van der Waals surface area contributed by atoms with Gasteiger partial charge in [0.1, 0.15) is 10.9 Å². The molecule has 3 aromatic carbocycles. The number of aromatic hydroxyl groups is 1. The molecular formula is C27H20ClN3O2S. The standard InChI is InChI=1S/C27H20ClN3O2S/c28-22-10-4-5-11-23(22)34-25-26(32)30-31(27(25)33)24(19-7-2-1-3-8-19)20-14-12-18(13-15-20)21-9-6-16-29-17-21/h1-17,24,33H,(H,30,32). The molecule has 0 spiro atoms. The van der Waals surface area contributed by atoms with Crippen molar-refractivity contribution in [2.24, 2.45) is 0 Å². The van der Waals surface area contributed by atoms with Gasteiger partial charge in [-0.1, -0.05) is 96.2 Å². The van der Waals surface area contributed by atoms with Gasteiger partial charge in [0, 0.05) is 17.3 Å². The number of benzene rings is 3. The van der Waals surface area contributed by atoms with E-state index in [-0.39, 0.29) is 16.3 Å². The average Bonchev–Trinajstić information content (AvgIpc) is 3.15. The Bertz CT molecular complexity index is 1470. The van der Waals surface area contributed by atoms with E-state index in [0.717, 1.165) is 34.0 Å². The highest BCUT2D eigenvalue weighted by Crippen LogP contribution is 2.38. The predicted octanol–water partition coefficient (Wildman–Crippen LogP) is 6.39. The maximum absolute atomic E-state index is 12.9. The number of rotatable bonds is 6. The molecule has 34 heavy (non-hydrogen) atoms. The van der Waals surface area contributed by atoms with Crippen molar-refractivity contribution in [2.45, 2.75) is 15.8 Å². The number of hydrogen-bond donors (Lipinski definition) is 2. The van der Waals surface area contributed by atoms with E-state index in [9.17, 15) is 9.90 Å². The molecule has 1 unspecified atom stereocenters. The summed E-state index contributed by atoms with van der Waals surface area (Å²) in [6.45, 7) is 0. The van der Waals surface area contributed by atoms with Gasteiger partial charge in [0.2, 0.25) is 5.88 Å². The molecule has 1 atom stereocenters. The van der Waals surface area contributed by atoms with Crippen molar-refractivity contribution in [1.82, 2.24) is 14.8 Å². The van der Waals surface area contributed by atoms with Crippen molar-refractivity contribution in [3.8, 4) is 17.0 Å². The first kappa shape index (κ1) is 22.1. The monoisotopic (exact) mass is 485 g/mol. The van der Waals surface area contributed by atoms with Crippen LogP contribution in [0.4, 0.5) is 0 Å². The number of nitrogens with zero attached hydrogens (tertiary/aromatic N) is 2. The third-order valence-corrected chi connectivity index (χ3v) is 7.09. The highest BCUT2D eigenvalue weighted by molar-refractivity contribution is 7.99. The smallest absolute Gasteiger partial charge is 0.282 e. The van der Waals surface area contributed by atoms with Crippen molar-refractivity contribution >= 4 is 23.4 Å². The fourth-order valence-electron chi connectivity index (χ4n) is 3.86. The third kappa shape index (κ3) is 4.38. The van der Waals surface area contributed by atoms with Crippen LogP contribution in [0.2, 0.25) is 5.02 Å². The number of halogens is 1. The van der Waals surface area contributed by atoms with Gasteiger partial charge in [-0.25, -0.2) is 4.68 Å². The number of H-pyrrole nitrogens is 1. The minimum atomic E-state index is -0.433. The number of nitrogens with one attached hydrogen (secondary N) is 1. The van der Waals surface area contributed by atoms with Crippen molar-refractivity contribution in [2.75, 3.05) is 0 Å². The first-order valence-corrected chi connectivity index (χ1v) is 11.8. The molecule has 0 aliphatic heterocycles. The molecule has 0 bridgehead atoms. The summed E-state index contributed by atoms with van der Waals surface area (Å²) in [4.78, 5) is 18.0. The van der Waals surface area contributed by atoms with E-state index in [1.807, 2.05) is 91.1 Å². The number of aromatic nitrogens is 3. The molecule has 5 rings (SSSR count). The summed E-state index contributed by atoms with van der Waals surface area (Å²) >= 11 is 7.42. The topological polar surface area (TPSA) is 70.9 Å². The maximum atomic E-state index is 12.9. The molecule has 2 aromatic heterocycles. The summed E-state index contributed by atoms with van der Waals surface area (Å²) in [6, 6.07) is 28.5. The Kier molecular flexibility index (Phi) is 6.25. The van der Waals surface area contributed by atoms with Crippen LogP contribution in [0.5, 0.6) is 5.88 Å². The Morgan fingerprint density at radius 3 is 2.26 bits per heavy atom. The summed E-state index contributed by atoms with van der Waals surface area (Å²) in [5.74, 6) is -0.139. The van der Waals surface area contributed by atoms with Crippen LogP contribution in [0.3, 0.4) is 0 Å². The molecule has 168 valence electrons. The Balaban J connectivity index is 1.58. The van der Waals surface area contributed by atoms with E-state index in [1.54, 1.807) is 12.3 Å². The second-order valence-corrected chi connectivity index (χ2v) is 9.13. The lowest BCUT2D eigenvalue weighted by Gasteiger charge is -2.21. The molecule has 5 nitrogen and oxygen atoms in total. The summed E-state index contributed by atoms with van der Waals surface area (Å²) in [7, 11) is 0. The Morgan fingerprint density at radius 2 is 1.56 bits per heavy atom. The van der Waals surface area contributed by atoms with Crippen molar-refractivity contribution in [1.29, 1.82) is 0 Å². The quantitative estimate of drug-likeness (QED) is 0.292. The molecule has 2 heterocycles. The van der Waals surface area contributed by atoms with Crippen LogP contribution in [-0.4, -0.2) is 19.9 Å². The van der Waals surface area contributed by atoms with E-state index >= 15 is 0 Å². The van der Waals surface area contributed by atoms with Crippen LogP contribution in [0.25, 0.3) is 11.1 Å². The number of hydrogen-bond acceptors (Lipinski definition) is 4. The molecule has 0 saturated heterocycles. The molecule has 5 aromatic rings. The van der Waals surface area contributed by atoms with E-state index in [4.69, 9.17) is 11.6 Å². The van der Waals surface area contributed by atoms with Crippen molar-refractivity contribution in [3.63, 3.8) is 0 Å². The Labute approximate surface area is 205 Å². The lowest BCUT2D eigenvalue weighted by atomic mass is 9.96. The molecule has 7 heteroatoms. The average molecular weight is 486 g/mol. The zero-order valence-electron chi connectivity index (χ0n) is 17.9. The van der Waals surface area contributed by atoms with Gasteiger partial charge >= 0.3 is 0 Å². The van der Waals surface area contributed by atoms with E-state index < -0.39 is 6.04 Å². The first-order chi connectivity index (χ1) is 16.6. The molecule has 0 aliphatic rings. The molecule has 0 radical (unpaired) electrons. The summed E-state index contributed by atoms with van der Waals surface area (Å²) in [5.41, 5.74) is 3.50. The largest absolute Gasteiger partial charge is 0.493 e.